The molecule has 0 radical (unpaired) electrons. The summed E-state index contributed by atoms with van der Waals surface area (Å²) in [6.07, 6.45) is 1.46. The summed E-state index contributed by atoms with van der Waals surface area (Å²) < 4.78 is 5.42. The summed E-state index contributed by atoms with van der Waals surface area (Å²) in [5.74, 6) is 0.707. The quantitative estimate of drug-likeness (QED) is 0.407. The number of likely N-dealkylation sites (tertiary alicyclic amines) is 1. The van der Waals surface area contributed by atoms with E-state index in [-0.39, 0.29) is 18.4 Å². The Hall–Kier alpha value is -2.57. The number of likely N-dealkylation sites (N-methyl/N-ethyl adjacent to an activating group) is 1. The molecule has 190 valence electrons. The molecule has 7 heteroatoms. The molecule has 1 unspecified atom stereocenters. The van der Waals surface area contributed by atoms with Crippen LogP contribution in [0.4, 0.5) is 0 Å². The van der Waals surface area contributed by atoms with Crippen molar-refractivity contribution >= 4 is 29.1 Å². The Morgan fingerprint density at radius 2 is 1.69 bits per heavy atom. The molecule has 3 aromatic rings. The number of nitrogens with zero attached hydrogens (tertiary/aromatic N) is 2. The van der Waals surface area contributed by atoms with E-state index in [1.807, 2.05) is 73.8 Å². The molecule has 1 aliphatic heterocycles. The van der Waals surface area contributed by atoms with Crippen molar-refractivity contribution < 1.29 is 14.6 Å². The smallest absolute Gasteiger partial charge is 0.226 e. The van der Waals surface area contributed by atoms with Crippen molar-refractivity contribution in [2.45, 2.75) is 30.9 Å². The first kappa shape index (κ1) is 26.5. The van der Waals surface area contributed by atoms with Crippen molar-refractivity contribution in [3.63, 3.8) is 0 Å². The van der Waals surface area contributed by atoms with E-state index in [9.17, 15) is 9.90 Å². The highest BCUT2D eigenvalue weighted by atomic mass is 35.5. The van der Waals surface area contributed by atoms with Crippen LogP contribution in [0, 0.1) is 0 Å². The fourth-order valence-electron chi connectivity index (χ4n) is 4.90. The maximum absolute atomic E-state index is 13.2. The van der Waals surface area contributed by atoms with Crippen LogP contribution in [0.2, 0.25) is 10.0 Å². The first-order valence-electron chi connectivity index (χ1n) is 12.1. The Morgan fingerprint density at radius 3 is 2.36 bits per heavy atom. The van der Waals surface area contributed by atoms with Crippen LogP contribution < -0.4 is 4.74 Å². The molecule has 1 aliphatic rings. The number of rotatable bonds is 8. The van der Waals surface area contributed by atoms with Gasteiger partial charge in [-0.1, -0.05) is 77.8 Å². The minimum Gasteiger partial charge on any atom is -0.496 e. The zero-order valence-corrected chi connectivity index (χ0v) is 22.2. The molecule has 0 aromatic heterocycles. The maximum atomic E-state index is 13.2. The van der Waals surface area contributed by atoms with Crippen molar-refractivity contribution in [3.05, 3.63) is 99.5 Å². The van der Waals surface area contributed by atoms with Gasteiger partial charge in [0.25, 0.3) is 0 Å². The second kappa shape index (κ2) is 11.7. The SMILES string of the molecule is COc1ccccc1CC(=O)N(C)CC(c1ccc(Cl)c(Cl)c1)N1CCC(O)(c2ccccc2)CC1. The van der Waals surface area contributed by atoms with Crippen LogP contribution >= 0.6 is 23.2 Å². The topological polar surface area (TPSA) is 53.0 Å². The van der Waals surface area contributed by atoms with E-state index in [4.69, 9.17) is 27.9 Å². The summed E-state index contributed by atoms with van der Waals surface area (Å²) in [6, 6.07) is 23.0. The lowest BCUT2D eigenvalue weighted by molar-refractivity contribution is -0.130. The van der Waals surface area contributed by atoms with E-state index in [2.05, 4.69) is 4.90 Å². The number of hydrogen-bond donors (Lipinski definition) is 1. The molecular weight excluding hydrogens is 495 g/mol. The summed E-state index contributed by atoms with van der Waals surface area (Å²) in [5.41, 5.74) is 1.94. The Bertz CT molecular complexity index is 1180. The van der Waals surface area contributed by atoms with Gasteiger partial charge in [-0.2, -0.15) is 0 Å². The molecule has 0 bridgehead atoms. The van der Waals surface area contributed by atoms with Gasteiger partial charge in [0.15, 0.2) is 0 Å². The number of hydrogen-bond acceptors (Lipinski definition) is 4. The van der Waals surface area contributed by atoms with Gasteiger partial charge in [-0.25, -0.2) is 0 Å². The molecule has 1 saturated heterocycles. The molecule has 1 fully saturated rings. The first-order valence-corrected chi connectivity index (χ1v) is 12.9. The molecule has 4 rings (SSSR count). The standard InChI is InChI=1S/C29H32Cl2N2O3/c1-32(28(34)19-22-8-6-7-11-27(22)36-2)20-26(21-12-13-24(30)25(31)18-21)33-16-14-29(35,15-17-33)23-9-4-3-5-10-23/h3-13,18,26,35H,14-17,19-20H2,1-2H3. The molecular formula is C29H32Cl2N2O3. The predicted octanol–water partition coefficient (Wildman–Crippen LogP) is 5.73. The molecule has 1 N–H and O–H groups in total. The Balaban J connectivity index is 1.52. The zero-order valence-electron chi connectivity index (χ0n) is 20.7. The third-order valence-corrected chi connectivity index (χ3v) is 7.85. The Labute approximate surface area is 223 Å². The van der Waals surface area contributed by atoms with Gasteiger partial charge in [-0.15, -0.1) is 0 Å². The number of piperidine rings is 1. The molecule has 0 aliphatic carbocycles. The Kier molecular flexibility index (Phi) is 8.58. The van der Waals surface area contributed by atoms with Gasteiger partial charge in [-0.05, 0) is 42.2 Å². The van der Waals surface area contributed by atoms with Crippen LogP contribution in [0.1, 0.15) is 35.6 Å². The normalized spacial score (nSPS) is 16.4. The fraction of sp³-hybridized carbons (Fsp3) is 0.345. The summed E-state index contributed by atoms with van der Waals surface area (Å²) >= 11 is 12.6. The lowest BCUT2D eigenvalue weighted by Gasteiger charge is -2.43. The molecule has 1 amide bonds. The number of methoxy groups -OCH3 is 1. The molecule has 0 spiro atoms. The fourth-order valence-corrected chi connectivity index (χ4v) is 5.21. The van der Waals surface area contributed by atoms with Gasteiger partial charge in [0.05, 0.1) is 35.2 Å². The molecule has 36 heavy (non-hydrogen) atoms. The first-order chi connectivity index (χ1) is 17.3. The number of benzene rings is 3. The van der Waals surface area contributed by atoms with Crippen LogP contribution in [0.25, 0.3) is 0 Å². The lowest BCUT2D eigenvalue weighted by atomic mass is 9.83. The van der Waals surface area contributed by atoms with Crippen molar-refractivity contribution in [2.75, 3.05) is 33.8 Å². The van der Waals surface area contributed by atoms with Gasteiger partial charge < -0.3 is 14.7 Å². The number of aliphatic hydroxyl groups is 1. The minimum atomic E-state index is -0.856. The highest BCUT2D eigenvalue weighted by molar-refractivity contribution is 6.42. The average molecular weight is 527 g/mol. The summed E-state index contributed by atoms with van der Waals surface area (Å²) in [6.45, 7) is 1.85. The van der Waals surface area contributed by atoms with E-state index in [1.165, 1.54) is 0 Å². The number of carbonyl (C=O) groups excluding carboxylic acids is 1. The summed E-state index contributed by atoms with van der Waals surface area (Å²) in [5, 5.41) is 12.3. The third kappa shape index (κ3) is 6.04. The number of amides is 1. The predicted molar refractivity (Wildman–Crippen MR) is 145 cm³/mol. The molecule has 3 aromatic carbocycles. The van der Waals surface area contributed by atoms with Crippen molar-refractivity contribution in [3.8, 4) is 5.75 Å². The lowest BCUT2D eigenvalue weighted by Crippen LogP contribution is -2.47. The van der Waals surface area contributed by atoms with E-state index in [0.29, 0.717) is 48.3 Å². The van der Waals surface area contributed by atoms with Crippen LogP contribution in [-0.2, 0) is 16.8 Å². The molecule has 1 atom stereocenters. The van der Waals surface area contributed by atoms with E-state index in [1.54, 1.807) is 18.1 Å². The van der Waals surface area contributed by atoms with Gasteiger partial charge in [-0.3, -0.25) is 9.69 Å². The Morgan fingerprint density at radius 1 is 1.03 bits per heavy atom. The second-order valence-electron chi connectivity index (χ2n) is 9.39. The van der Waals surface area contributed by atoms with Crippen LogP contribution in [0.15, 0.2) is 72.8 Å². The summed E-state index contributed by atoms with van der Waals surface area (Å²) in [4.78, 5) is 17.3. The van der Waals surface area contributed by atoms with E-state index < -0.39 is 5.60 Å². The summed E-state index contributed by atoms with van der Waals surface area (Å²) in [7, 11) is 3.44. The number of para-hydroxylation sites is 1. The van der Waals surface area contributed by atoms with E-state index >= 15 is 0 Å². The highest BCUT2D eigenvalue weighted by Crippen LogP contribution is 2.37. The second-order valence-corrected chi connectivity index (χ2v) is 10.2. The van der Waals surface area contributed by atoms with Crippen molar-refractivity contribution in [1.29, 1.82) is 0 Å². The molecule has 0 saturated carbocycles. The monoisotopic (exact) mass is 526 g/mol. The van der Waals surface area contributed by atoms with Crippen LogP contribution in [-0.4, -0.2) is 54.6 Å². The van der Waals surface area contributed by atoms with Gasteiger partial charge in [0.2, 0.25) is 5.91 Å². The minimum absolute atomic E-state index is 0.00219. The molecule has 5 nitrogen and oxygen atoms in total. The molecule has 1 heterocycles. The average Bonchev–Trinajstić information content (AvgIpc) is 2.90. The largest absolute Gasteiger partial charge is 0.496 e. The number of carbonyl (C=O) groups is 1. The van der Waals surface area contributed by atoms with E-state index in [0.717, 1.165) is 16.7 Å². The highest BCUT2D eigenvalue weighted by Gasteiger charge is 2.37. The van der Waals surface area contributed by atoms with Crippen LogP contribution in [0.3, 0.4) is 0 Å². The van der Waals surface area contributed by atoms with Gasteiger partial charge in [0, 0.05) is 32.2 Å². The van der Waals surface area contributed by atoms with Crippen LogP contribution in [0.5, 0.6) is 5.75 Å². The number of halogens is 2. The van der Waals surface area contributed by atoms with Gasteiger partial charge in [0.1, 0.15) is 5.75 Å². The zero-order chi connectivity index (χ0) is 25.7. The third-order valence-electron chi connectivity index (χ3n) is 7.11. The van der Waals surface area contributed by atoms with Gasteiger partial charge >= 0.3 is 0 Å². The number of ether oxygens (including phenoxy) is 1. The van der Waals surface area contributed by atoms with Crippen molar-refractivity contribution in [2.24, 2.45) is 0 Å². The maximum Gasteiger partial charge on any atom is 0.226 e. The van der Waals surface area contributed by atoms with Crippen molar-refractivity contribution in [1.82, 2.24) is 9.80 Å².